The zero-order chi connectivity index (χ0) is 10.5. The zero-order valence-corrected chi connectivity index (χ0v) is 10.8. The smallest absolute Gasteiger partial charge is 0.0160 e. The lowest BCUT2D eigenvalue weighted by atomic mass is 9.98. The molecule has 0 aromatic rings. The Hall–Kier alpha value is 0.310. The van der Waals surface area contributed by atoms with E-state index in [1.807, 2.05) is 0 Å². The Balaban J connectivity index is 1.64. The Morgan fingerprint density at radius 1 is 1.20 bits per heavy atom. The largest absolute Gasteiger partial charge is 0.311 e. The standard InChI is InChI=1S/C13H25NS/c1-11(9-12-5-2-3-6-12)14-13-7-4-8-15-10-13/h11-14H,2-10H2,1H3. The van der Waals surface area contributed by atoms with Crippen molar-refractivity contribution in [2.75, 3.05) is 11.5 Å². The van der Waals surface area contributed by atoms with Crippen molar-refractivity contribution in [2.45, 2.75) is 64.0 Å². The van der Waals surface area contributed by atoms with Crippen LogP contribution in [0.25, 0.3) is 0 Å². The molecule has 2 rings (SSSR count). The van der Waals surface area contributed by atoms with Crippen LogP contribution in [0.3, 0.4) is 0 Å². The molecule has 15 heavy (non-hydrogen) atoms. The van der Waals surface area contributed by atoms with Gasteiger partial charge in [0.1, 0.15) is 0 Å². The summed E-state index contributed by atoms with van der Waals surface area (Å²) < 4.78 is 0. The highest BCUT2D eigenvalue weighted by atomic mass is 32.2. The van der Waals surface area contributed by atoms with E-state index in [1.165, 1.54) is 56.5 Å². The highest BCUT2D eigenvalue weighted by Gasteiger charge is 2.20. The van der Waals surface area contributed by atoms with Crippen molar-refractivity contribution in [2.24, 2.45) is 5.92 Å². The molecule has 2 fully saturated rings. The lowest BCUT2D eigenvalue weighted by Gasteiger charge is -2.27. The van der Waals surface area contributed by atoms with Crippen LogP contribution in [0, 0.1) is 5.92 Å². The first-order valence-electron chi connectivity index (χ1n) is 6.68. The SMILES string of the molecule is CC(CC1CCCC1)NC1CCCSC1. The lowest BCUT2D eigenvalue weighted by molar-refractivity contribution is 0.367. The van der Waals surface area contributed by atoms with Crippen LogP contribution in [-0.4, -0.2) is 23.6 Å². The van der Waals surface area contributed by atoms with Gasteiger partial charge in [0.15, 0.2) is 0 Å². The summed E-state index contributed by atoms with van der Waals surface area (Å²) in [6.07, 6.45) is 10.2. The van der Waals surface area contributed by atoms with E-state index in [0.717, 1.165) is 18.0 Å². The van der Waals surface area contributed by atoms with Gasteiger partial charge in [-0.05, 0) is 37.9 Å². The van der Waals surface area contributed by atoms with E-state index in [4.69, 9.17) is 0 Å². The summed E-state index contributed by atoms with van der Waals surface area (Å²) in [4.78, 5) is 0. The molecular formula is C13H25NS. The summed E-state index contributed by atoms with van der Waals surface area (Å²) in [6, 6.07) is 1.55. The molecule has 1 aliphatic carbocycles. The third-order valence-corrected chi connectivity index (χ3v) is 5.06. The minimum absolute atomic E-state index is 0.747. The monoisotopic (exact) mass is 227 g/mol. The highest BCUT2D eigenvalue weighted by Crippen LogP contribution is 2.29. The van der Waals surface area contributed by atoms with E-state index in [-0.39, 0.29) is 0 Å². The molecule has 1 N–H and O–H groups in total. The fourth-order valence-corrected chi connectivity index (χ4v) is 4.17. The summed E-state index contributed by atoms with van der Waals surface area (Å²) in [6.45, 7) is 2.39. The molecule has 1 heterocycles. The van der Waals surface area contributed by atoms with Crippen LogP contribution in [0.5, 0.6) is 0 Å². The third kappa shape index (κ3) is 3.99. The van der Waals surface area contributed by atoms with E-state index in [9.17, 15) is 0 Å². The van der Waals surface area contributed by atoms with Crippen LogP contribution in [-0.2, 0) is 0 Å². The quantitative estimate of drug-likeness (QED) is 0.789. The van der Waals surface area contributed by atoms with Gasteiger partial charge < -0.3 is 5.32 Å². The van der Waals surface area contributed by atoms with Crippen molar-refractivity contribution in [1.82, 2.24) is 5.32 Å². The minimum Gasteiger partial charge on any atom is -0.311 e. The fourth-order valence-electron chi connectivity index (χ4n) is 3.09. The van der Waals surface area contributed by atoms with Crippen molar-refractivity contribution in [3.8, 4) is 0 Å². The molecule has 1 saturated heterocycles. The highest BCUT2D eigenvalue weighted by molar-refractivity contribution is 7.99. The summed E-state index contributed by atoms with van der Waals surface area (Å²) in [7, 11) is 0. The van der Waals surface area contributed by atoms with Crippen LogP contribution >= 0.6 is 11.8 Å². The first kappa shape index (κ1) is 11.8. The molecule has 2 aliphatic rings. The van der Waals surface area contributed by atoms with Gasteiger partial charge in [-0.1, -0.05) is 25.7 Å². The molecule has 0 bridgehead atoms. The van der Waals surface area contributed by atoms with E-state index < -0.39 is 0 Å². The molecule has 1 saturated carbocycles. The first-order chi connectivity index (χ1) is 7.34. The van der Waals surface area contributed by atoms with E-state index >= 15 is 0 Å². The van der Waals surface area contributed by atoms with E-state index in [1.54, 1.807) is 0 Å². The second-order valence-corrected chi connectivity index (χ2v) is 6.52. The second kappa shape index (κ2) is 6.15. The Morgan fingerprint density at radius 3 is 2.67 bits per heavy atom. The van der Waals surface area contributed by atoms with Crippen molar-refractivity contribution < 1.29 is 0 Å². The number of hydrogen-bond acceptors (Lipinski definition) is 2. The van der Waals surface area contributed by atoms with Gasteiger partial charge in [-0.2, -0.15) is 11.8 Å². The average Bonchev–Trinajstić information content (AvgIpc) is 2.71. The summed E-state index contributed by atoms with van der Waals surface area (Å²) in [5, 5.41) is 3.82. The fraction of sp³-hybridized carbons (Fsp3) is 1.00. The predicted octanol–water partition coefficient (Wildman–Crippen LogP) is 3.44. The maximum atomic E-state index is 3.82. The van der Waals surface area contributed by atoms with Crippen molar-refractivity contribution in [1.29, 1.82) is 0 Å². The Morgan fingerprint density at radius 2 is 2.00 bits per heavy atom. The van der Waals surface area contributed by atoms with Gasteiger partial charge in [0.05, 0.1) is 0 Å². The minimum atomic E-state index is 0.747. The summed E-state index contributed by atoms with van der Waals surface area (Å²) >= 11 is 2.13. The van der Waals surface area contributed by atoms with Gasteiger partial charge in [0.25, 0.3) is 0 Å². The molecular weight excluding hydrogens is 202 g/mol. The molecule has 88 valence electrons. The number of hydrogen-bond donors (Lipinski definition) is 1. The predicted molar refractivity (Wildman–Crippen MR) is 69.5 cm³/mol. The Bertz CT molecular complexity index is 171. The lowest BCUT2D eigenvalue weighted by Crippen LogP contribution is -2.40. The Labute approximate surface area is 98.8 Å². The van der Waals surface area contributed by atoms with Gasteiger partial charge in [0.2, 0.25) is 0 Å². The van der Waals surface area contributed by atoms with Crippen LogP contribution in [0.1, 0.15) is 51.9 Å². The summed E-state index contributed by atoms with van der Waals surface area (Å²) in [5.41, 5.74) is 0. The molecule has 0 aromatic heterocycles. The van der Waals surface area contributed by atoms with E-state index in [0.29, 0.717) is 0 Å². The summed E-state index contributed by atoms with van der Waals surface area (Å²) in [5.74, 6) is 3.76. The average molecular weight is 227 g/mol. The maximum Gasteiger partial charge on any atom is 0.0160 e. The molecule has 1 nitrogen and oxygen atoms in total. The third-order valence-electron chi connectivity index (χ3n) is 3.84. The number of rotatable bonds is 4. The second-order valence-electron chi connectivity index (χ2n) is 5.37. The van der Waals surface area contributed by atoms with Crippen molar-refractivity contribution in [3.63, 3.8) is 0 Å². The maximum absolute atomic E-state index is 3.82. The molecule has 2 atom stereocenters. The zero-order valence-electron chi connectivity index (χ0n) is 10.0. The van der Waals surface area contributed by atoms with Crippen molar-refractivity contribution in [3.05, 3.63) is 0 Å². The van der Waals surface area contributed by atoms with E-state index in [2.05, 4.69) is 24.0 Å². The topological polar surface area (TPSA) is 12.0 Å². The number of nitrogens with one attached hydrogen (secondary N) is 1. The molecule has 2 heteroatoms. The van der Waals surface area contributed by atoms with Gasteiger partial charge in [-0.25, -0.2) is 0 Å². The van der Waals surface area contributed by atoms with Crippen LogP contribution in [0.4, 0.5) is 0 Å². The molecule has 1 aliphatic heterocycles. The molecule has 0 radical (unpaired) electrons. The van der Waals surface area contributed by atoms with Gasteiger partial charge in [-0.15, -0.1) is 0 Å². The van der Waals surface area contributed by atoms with Crippen molar-refractivity contribution >= 4 is 11.8 Å². The van der Waals surface area contributed by atoms with Crippen LogP contribution in [0.2, 0.25) is 0 Å². The molecule has 0 spiro atoms. The van der Waals surface area contributed by atoms with Crippen LogP contribution < -0.4 is 5.32 Å². The first-order valence-corrected chi connectivity index (χ1v) is 7.84. The normalized spacial score (nSPS) is 30.6. The Kier molecular flexibility index (Phi) is 4.83. The van der Waals surface area contributed by atoms with Crippen LogP contribution in [0.15, 0.2) is 0 Å². The number of thioether (sulfide) groups is 1. The van der Waals surface area contributed by atoms with Gasteiger partial charge in [0, 0.05) is 17.8 Å². The molecule has 0 amide bonds. The molecule has 2 unspecified atom stereocenters. The molecule has 0 aromatic carbocycles. The van der Waals surface area contributed by atoms with Gasteiger partial charge in [-0.3, -0.25) is 0 Å². The van der Waals surface area contributed by atoms with Gasteiger partial charge >= 0.3 is 0 Å².